The van der Waals surface area contributed by atoms with Crippen molar-refractivity contribution in [3.05, 3.63) is 53.3 Å². The minimum absolute atomic E-state index is 0.281. The lowest BCUT2D eigenvalue weighted by Crippen LogP contribution is -2.01. The zero-order valence-corrected chi connectivity index (χ0v) is 10.0. The topological polar surface area (TPSA) is 43.8 Å². The monoisotopic (exact) mass is 261 g/mol. The molecule has 0 atom stereocenters. The minimum atomic E-state index is -0.369. The van der Waals surface area contributed by atoms with E-state index < -0.39 is 0 Å². The van der Waals surface area contributed by atoms with Gasteiger partial charge in [0.05, 0.1) is 21.7 Å². The maximum Gasteiger partial charge on any atom is 0.205 e. The molecular formula is C13H9ClFN3. The zero-order chi connectivity index (χ0) is 12.7. The number of hydrogen-bond acceptors (Lipinski definition) is 2. The number of nitrogen functional groups attached to an aromatic ring is 1. The van der Waals surface area contributed by atoms with Gasteiger partial charge in [0, 0.05) is 0 Å². The molecule has 1 aromatic heterocycles. The zero-order valence-electron chi connectivity index (χ0n) is 9.27. The third-order valence-corrected chi connectivity index (χ3v) is 3.06. The van der Waals surface area contributed by atoms with Crippen LogP contribution < -0.4 is 5.73 Å². The Bertz CT molecular complexity index is 736. The third-order valence-electron chi connectivity index (χ3n) is 2.74. The van der Waals surface area contributed by atoms with Gasteiger partial charge in [0.15, 0.2) is 0 Å². The summed E-state index contributed by atoms with van der Waals surface area (Å²) in [6.07, 6.45) is 0. The maximum atomic E-state index is 13.3. The summed E-state index contributed by atoms with van der Waals surface area (Å²) in [5.41, 5.74) is 7.90. The van der Waals surface area contributed by atoms with Crippen LogP contribution in [0.3, 0.4) is 0 Å². The first-order valence-corrected chi connectivity index (χ1v) is 5.73. The van der Waals surface area contributed by atoms with Crippen molar-refractivity contribution in [1.82, 2.24) is 9.55 Å². The molecule has 2 aromatic carbocycles. The van der Waals surface area contributed by atoms with E-state index in [0.29, 0.717) is 10.7 Å². The molecule has 0 fully saturated rings. The average molecular weight is 262 g/mol. The highest BCUT2D eigenvalue weighted by molar-refractivity contribution is 6.32. The summed E-state index contributed by atoms with van der Waals surface area (Å²) in [7, 11) is 0. The summed E-state index contributed by atoms with van der Waals surface area (Å²) in [6.45, 7) is 0. The molecule has 18 heavy (non-hydrogen) atoms. The summed E-state index contributed by atoms with van der Waals surface area (Å²) < 4.78 is 15.0. The van der Waals surface area contributed by atoms with Crippen LogP contribution in [-0.2, 0) is 0 Å². The van der Waals surface area contributed by atoms with E-state index in [2.05, 4.69) is 4.98 Å². The maximum absolute atomic E-state index is 13.3. The molecule has 3 nitrogen and oxygen atoms in total. The number of nitrogens with two attached hydrogens (primary N) is 1. The van der Waals surface area contributed by atoms with E-state index in [4.69, 9.17) is 17.3 Å². The number of rotatable bonds is 1. The van der Waals surface area contributed by atoms with Gasteiger partial charge in [-0.05, 0) is 30.3 Å². The number of nitrogens with zero attached hydrogens (tertiary/aromatic N) is 2. The molecule has 0 saturated carbocycles. The lowest BCUT2D eigenvalue weighted by atomic mass is 10.2. The summed E-state index contributed by atoms with van der Waals surface area (Å²) in [6, 6.07) is 11.6. The van der Waals surface area contributed by atoms with E-state index in [1.54, 1.807) is 4.57 Å². The lowest BCUT2D eigenvalue weighted by Gasteiger charge is -2.08. The Balaban J connectivity index is 2.37. The van der Waals surface area contributed by atoms with Gasteiger partial charge in [0.2, 0.25) is 5.95 Å². The molecule has 5 heteroatoms. The number of hydrogen-bond donors (Lipinski definition) is 1. The van der Waals surface area contributed by atoms with Crippen LogP contribution in [0.15, 0.2) is 42.5 Å². The lowest BCUT2D eigenvalue weighted by molar-refractivity contribution is 0.627. The van der Waals surface area contributed by atoms with Crippen molar-refractivity contribution >= 4 is 28.6 Å². The number of halogens is 2. The van der Waals surface area contributed by atoms with Gasteiger partial charge in [-0.2, -0.15) is 0 Å². The van der Waals surface area contributed by atoms with Crippen LogP contribution in [-0.4, -0.2) is 9.55 Å². The molecule has 0 spiro atoms. The van der Waals surface area contributed by atoms with Gasteiger partial charge in [0.25, 0.3) is 0 Å². The largest absolute Gasteiger partial charge is 0.369 e. The molecule has 0 radical (unpaired) electrons. The quantitative estimate of drug-likeness (QED) is 0.730. The summed E-state index contributed by atoms with van der Waals surface area (Å²) in [4.78, 5) is 4.22. The van der Waals surface area contributed by atoms with Crippen LogP contribution >= 0.6 is 11.6 Å². The number of aromatic nitrogens is 2. The smallest absolute Gasteiger partial charge is 0.205 e. The molecule has 0 saturated heterocycles. The molecular weight excluding hydrogens is 253 g/mol. The second-order valence-corrected chi connectivity index (χ2v) is 4.30. The van der Waals surface area contributed by atoms with Crippen molar-refractivity contribution in [2.75, 3.05) is 5.73 Å². The van der Waals surface area contributed by atoms with Gasteiger partial charge >= 0.3 is 0 Å². The van der Waals surface area contributed by atoms with Crippen molar-refractivity contribution in [3.8, 4) is 5.69 Å². The second-order valence-electron chi connectivity index (χ2n) is 3.89. The summed E-state index contributed by atoms with van der Waals surface area (Å²) in [5.74, 6) is -0.0877. The van der Waals surface area contributed by atoms with Gasteiger partial charge in [-0.1, -0.05) is 23.7 Å². The predicted octanol–water partition coefficient (Wildman–Crippen LogP) is 3.40. The van der Waals surface area contributed by atoms with Gasteiger partial charge in [0.1, 0.15) is 5.82 Å². The first-order chi connectivity index (χ1) is 8.66. The number of fused-ring (bicyclic) bond motifs is 1. The van der Waals surface area contributed by atoms with E-state index in [1.807, 2.05) is 24.3 Å². The van der Waals surface area contributed by atoms with Gasteiger partial charge in [-0.3, -0.25) is 4.57 Å². The van der Waals surface area contributed by atoms with E-state index >= 15 is 0 Å². The molecule has 3 aromatic rings. The van der Waals surface area contributed by atoms with Crippen LogP contribution in [0, 0.1) is 5.82 Å². The minimum Gasteiger partial charge on any atom is -0.369 e. The molecule has 0 aliphatic rings. The van der Waals surface area contributed by atoms with Gasteiger partial charge in [-0.25, -0.2) is 9.37 Å². The molecule has 2 N–H and O–H groups in total. The van der Waals surface area contributed by atoms with Crippen LogP contribution in [0.5, 0.6) is 0 Å². The number of benzene rings is 2. The standard InChI is InChI=1S/C13H9ClFN3/c14-9-6-5-8(15)7-12(9)18-11-4-2-1-3-10(11)17-13(18)16/h1-7H,(H2,16,17). The van der Waals surface area contributed by atoms with E-state index in [0.717, 1.165) is 11.0 Å². The highest BCUT2D eigenvalue weighted by atomic mass is 35.5. The van der Waals surface area contributed by atoms with Crippen molar-refractivity contribution < 1.29 is 4.39 Å². The molecule has 1 heterocycles. The van der Waals surface area contributed by atoms with E-state index in [-0.39, 0.29) is 11.8 Å². The Labute approximate surface area is 108 Å². The SMILES string of the molecule is Nc1nc2ccccc2n1-c1cc(F)ccc1Cl. The Morgan fingerprint density at radius 3 is 2.78 bits per heavy atom. The van der Waals surface area contributed by atoms with Crippen molar-refractivity contribution in [3.63, 3.8) is 0 Å². The Hall–Kier alpha value is -2.07. The van der Waals surface area contributed by atoms with Crippen LogP contribution in [0.2, 0.25) is 5.02 Å². The number of para-hydroxylation sites is 2. The van der Waals surface area contributed by atoms with Crippen LogP contribution in [0.25, 0.3) is 16.7 Å². The fraction of sp³-hybridized carbons (Fsp3) is 0. The van der Waals surface area contributed by atoms with Crippen LogP contribution in [0.1, 0.15) is 0 Å². The fourth-order valence-electron chi connectivity index (χ4n) is 1.95. The molecule has 0 amide bonds. The Kier molecular flexibility index (Phi) is 2.45. The Morgan fingerprint density at radius 1 is 1.17 bits per heavy atom. The van der Waals surface area contributed by atoms with Gasteiger partial charge in [-0.15, -0.1) is 0 Å². The molecule has 0 unspecified atom stereocenters. The van der Waals surface area contributed by atoms with Crippen molar-refractivity contribution in [1.29, 1.82) is 0 Å². The van der Waals surface area contributed by atoms with Crippen molar-refractivity contribution in [2.45, 2.75) is 0 Å². The molecule has 0 aliphatic carbocycles. The predicted molar refractivity (Wildman–Crippen MR) is 70.5 cm³/mol. The highest BCUT2D eigenvalue weighted by Gasteiger charge is 2.12. The Morgan fingerprint density at radius 2 is 1.94 bits per heavy atom. The molecule has 0 bridgehead atoms. The highest BCUT2D eigenvalue weighted by Crippen LogP contribution is 2.28. The normalized spacial score (nSPS) is 11.0. The molecule has 3 rings (SSSR count). The van der Waals surface area contributed by atoms with Crippen LogP contribution in [0.4, 0.5) is 10.3 Å². The van der Waals surface area contributed by atoms with E-state index in [1.165, 1.54) is 18.2 Å². The third kappa shape index (κ3) is 1.62. The van der Waals surface area contributed by atoms with Crippen molar-refractivity contribution in [2.24, 2.45) is 0 Å². The number of imidazole rings is 1. The molecule has 90 valence electrons. The number of anilines is 1. The summed E-state index contributed by atoms with van der Waals surface area (Å²) in [5, 5.41) is 0.422. The first kappa shape index (κ1) is 11.0. The average Bonchev–Trinajstić information content (AvgIpc) is 2.68. The van der Waals surface area contributed by atoms with E-state index in [9.17, 15) is 4.39 Å². The second kappa shape index (κ2) is 3.99. The van der Waals surface area contributed by atoms with Gasteiger partial charge < -0.3 is 5.73 Å². The fourth-order valence-corrected chi connectivity index (χ4v) is 2.16. The first-order valence-electron chi connectivity index (χ1n) is 5.35. The summed E-state index contributed by atoms with van der Waals surface area (Å²) >= 11 is 6.09. The molecule has 0 aliphatic heterocycles.